The fourth-order valence-corrected chi connectivity index (χ4v) is 4.97. The number of piperidine rings is 1. The first kappa shape index (κ1) is 19.5. The van der Waals surface area contributed by atoms with Crippen LogP contribution < -0.4 is 4.72 Å². The predicted octanol–water partition coefficient (Wildman–Crippen LogP) is 4.66. The minimum absolute atomic E-state index is 0.131. The summed E-state index contributed by atoms with van der Waals surface area (Å²) in [5, 5.41) is 1.82. The molecule has 3 aromatic carbocycles. The molecule has 1 N–H and O–H groups in total. The number of likely N-dealkylation sites (tertiary alicyclic amines) is 1. The first-order chi connectivity index (χ1) is 14.0. The quantitative estimate of drug-likeness (QED) is 0.683. The normalized spacial score (nSPS) is 17.3. The number of fused-ring (bicyclic) bond motifs is 1. The van der Waals surface area contributed by atoms with E-state index in [-0.39, 0.29) is 16.8 Å². The molecular weight excluding hydrogens is 384 g/mol. The molecule has 0 spiro atoms. The van der Waals surface area contributed by atoms with Gasteiger partial charge in [-0.1, -0.05) is 42.5 Å². The third-order valence-corrected chi connectivity index (χ3v) is 6.86. The third-order valence-electron chi connectivity index (χ3n) is 5.50. The Morgan fingerprint density at radius 3 is 2.48 bits per heavy atom. The van der Waals surface area contributed by atoms with Crippen LogP contribution in [0.15, 0.2) is 71.6 Å². The monoisotopic (exact) mass is 408 g/mol. The van der Waals surface area contributed by atoms with Gasteiger partial charge in [-0.15, -0.1) is 0 Å². The van der Waals surface area contributed by atoms with E-state index in [0.717, 1.165) is 30.0 Å². The number of sulfonamides is 1. The van der Waals surface area contributed by atoms with Gasteiger partial charge in [0.25, 0.3) is 15.9 Å². The average Bonchev–Trinajstić information content (AvgIpc) is 2.73. The van der Waals surface area contributed by atoms with Crippen molar-refractivity contribution in [3.05, 3.63) is 72.3 Å². The Kier molecular flexibility index (Phi) is 5.28. The van der Waals surface area contributed by atoms with Crippen LogP contribution in [0.1, 0.15) is 36.5 Å². The number of amides is 1. The van der Waals surface area contributed by atoms with Crippen molar-refractivity contribution in [2.75, 3.05) is 11.3 Å². The second-order valence-corrected chi connectivity index (χ2v) is 9.19. The smallest absolute Gasteiger partial charge is 0.261 e. The van der Waals surface area contributed by atoms with Crippen molar-refractivity contribution < 1.29 is 13.2 Å². The van der Waals surface area contributed by atoms with Crippen molar-refractivity contribution in [2.45, 2.75) is 37.1 Å². The fourth-order valence-electron chi connectivity index (χ4n) is 3.85. The molecule has 0 bridgehead atoms. The van der Waals surface area contributed by atoms with E-state index in [9.17, 15) is 13.2 Å². The highest BCUT2D eigenvalue weighted by atomic mass is 32.2. The van der Waals surface area contributed by atoms with Crippen molar-refractivity contribution in [3.63, 3.8) is 0 Å². The first-order valence-corrected chi connectivity index (χ1v) is 11.4. The summed E-state index contributed by atoms with van der Waals surface area (Å²) in [6, 6.07) is 19.6. The number of carbonyl (C=O) groups excluding carboxylic acids is 1. The van der Waals surface area contributed by atoms with Crippen LogP contribution in [-0.2, 0) is 10.0 Å². The Hall–Kier alpha value is -2.86. The molecule has 3 aromatic rings. The summed E-state index contributed by atoms with van der Waals surface area (Å²) in [5.74, 6) is -0.131. The van der Waals surface area contributed by atoms with Crippen LogP contribution in [0.5, 0.6) is 0 Å². The van der Waals surface area contributed by atoms with Crippen LogP contribution in [0.4, 0.5) is 5.69 Å². The Morgan fingerprint density at radius 1 is 0.966 bits per heavy atom. The van der Waals surface area contributed by atoms with Gasteiger partial charge in [0.15, 0.2) is 0 Å². The first-order valence-electron chi connectivity index (χ1n) is 9.87. The van der Waals surface area contributed by atoms with Gasteiger partial charge < -0.3 is 4.90 Å². The number of hydrogen-bond acceptors (Lipinski definition) is 3. The van der Waals surface area contributed by atoms with Gasteiger partial charge in [0.05, 0.1) is 16.1 Å². The van der Waals surface area contributed by atoms with Crippen molar-refractivity contribution in [1.29, 1.82) is 0 Å². The molecule has 1 amide bonds. The Bertz CT molecular complexity index is 1160. The van der Waals surface area contributed by atoms with Crippen LogP contribution in [-0.4, -0.2) is 31.8 Å². The fraction of sp³-hybridized carbons (Fsp3) is 0.261. The minimum atomic E-state index is -3.83. The number of anilines is 1. The molecule has 1 aliphatic rings. The van der Waals surface area contributed by atoms with E-state index in [4.69, 9.17) is 0 Å². The highest BCUT2D eigenvalue weighted by Gasteiger charge is 2.27. The van der Waals surface area contributed by atoms with Crippen LogP contribution in [0.2, 0.25) is 0 Å². The highest BCUT2D eigenvalue weighted by Crippen LogP contribution is 2.26. The molecular formula is C23H24N2O3S. The molecule has 0 unspecified atom stereocenters. The summed E-state index contributed by atoms with van der Waals surface area (Å²) in [6.45, 7) is 2.74. The third kappa shape index (κ3) is 3.98. The van der Waals surface area contributed by atoms with Gasteiger partial charge in [0.2, 0.25) is 0 Å². The SMILES string of the molecule is C[C@@H]1CCCCN1C(=O)c1ccccc1NS(=O)(=O)c1ccc2ccccc2c1. The lowest BCUT2D eigenvalue weighted by Gasteiger charge is -2.34. The summed E-state index contributed by atoms with van der Waals surface area (Å²) < 4.78 is 28.7. The van der Waals surface area contributed by atoms with Crippen molar-refractivity contribution in [3.8, 4) is 0 Å². The molecule has 29 heavy (non-hydrogen) atoms. The van der Waals surface area contributed by atoms with Crippen molar-refractivity contribution in [2.24, 2.45) is 0 Å². The molecule has 0 aliphatic carbocycles. The average molecular weight is 409 g/mol. The minimum Gasteiger partial charge on any atom is -0.336 e. The lowest BCUT2D eigenvalue weighted by molar-refractivity contribution is 0.0636. The number of hydrogen-bond donors (Lipinski definition) is 1. The molecule has 4 rings (SSSR count). The molecule has 1 fully saturated rings. The summed E-state index contributed by atoms with van der Waals surface area (Å²) in [5.41, 5.74) is 0.689. The lowest BCUT2D eigenvalue weighted by Crippen LogP contribution is -2.42. The standard InChI is InChI=1S/C23H24N2O3S/c1-17-8-6-7-15-25(17)23(26)21-11-4-5-12-22(21)24-29(27,28)20-14-13-18-9-2-3-10-19(18)16-20/h2-5,9-14,16-17,24H,6-8,15H2,1H3/t17-/m1/s1. The maximum absolute atomic E-state index is 13.1. The van der Waals surface area contributed by atoms with E-state index >= 15 is 0 Å². The maximum Gasteiger partial charge on any atom is 0.261 e. The molecule has 1 heterocycles. The van der Waals surface area contributed by atoms with Gasteiger partial charge in [-0.2, -0.15) is 0 Å². The highest BCUT2D eigenvalue weighted by molar-refractivity contribution is 7.92. The number of rotatable bonds is 4. The van der Waals surface area contributed by atoms with E-state index in [1.54, 1.807) is 42.5 Å². The number of nitrogens with zero attached hydrogens (tertiary/aromatic N) is 1. The van der Waals surface area contributed by atoms with Crippen LogP contribution in [0, 0.1) is 0 Å². The number of benzene rings is 3. The molecule has 0 aromatic heterocycles. The van der Waals surface area contributed by atoms with Crippen molar-refractivity contribution in [1.82, 2.24) is 4.90 Å². The van der Waals surface area contributed by atoms with E-state index < -0.39 is 10.0 Å². The summed E-state index contributed by atoms with van der Waals surface area (Å²) in [6.07, 6.45) is 3.05. The summed E-state index contributed by atoms with van der Waals surface area (Å²) in [7, 11) is -3.83. The molecule has 1 aliphatic heterocycles. The molecule has 1 saturated heterocycles. The van der Waals surface area contributed by atoms with E-state index in [2.05, 4.69) is 4.72 Å². The van der Waals surface area contributed by atoms with E-state index in [0.29, 0.717) is 17.8 Å². The second-order valence-electron chi connectivity index (χ2n) is 7.50. The van der Waals surface area contributed by atoms with Crippen molar-refractivity contribution >= 4 is 32.4 Å². The Labute approximate surface area is 171 Å². The van der Waals surface area contributed by atoms with Gasteiger partial charge >= 0.3 is 0 Å². The van der Waals surface area contributed by atoms with E-state index in [1.165, 1.54) is 0 Å². The topological polar surface area (TPSA) is 66.5 Å². The molecule has 0 saturated carbocycles. The number of para-hydroxylation sites is 1. The molecule has 6 heteroatoms. The lowest BCUT2D eigenvalue weighted by atomic mass is 10.0. The largest absolute Gasteiger partial charge is 0.336 e. The molecule has 5 nitrogen and oxygen atoms in total. The zero-order valence-electron chi connectivity index (χ0n) is 16.3. The summed E-state index contributed by atoms with van der Waals surface area (Å²) >= 11 is 0. The van der Waals surface area contributed by atoms with Gasteiger partial charge in [-0.25, -0.2) is 8.42 Å². The molecule has 1 atom stereocenters. The van der Waals surface area contributed by atoms with E-state index in [1.807, 2.05) is 36.1 Å². The van der Waals surface area contributed by atoms with Gasteiger partial charge in [0, 0.05) is 12.6 Å². The Morgan fingerprint density at radius 2 is 1.69 bits per heavy atom. The zero-order valence-corrected chi connectivity index (χ0v) is 17.2. The maximum atomic E-state index is 13.1. The second kappa shape index (κ2) is 7.87. The number of nitrogens with one attached hydrogen (secondary N) is 1. The van der Waals surface area contributed by atoms with Gasteiger partial charge in [0.1, 0.15) is 0 Å². The van der Waals surface area contributed by atoms with Crippen LogP contribution >= 0.6 is 0 Å². The predicted molar refractivity (Wildman–Crippen MR) is 116 cm³/mol. The van der Waals surface area contributed by atoms with Crippen LogP contribution in [0.25, 0.3) is 10.8 Å². The zero-order chi connectivity index (χ0) is 20.4. The van der Waals surface area contributed by atoms with Gasteiger partial charge in [-0.05, 0) is 61.2 Å². The summed E-state index contributed by atoms with van der Waals surface area (Å²) in [4.78, 5) is 15.1. The molecule has 150 valence electrons. The number of carbonyl (C=O) groups is 1. The van der Waals surface area contributed by atoms with Gasteiger partial charge in [-0.3, -0.25) is 9.52 Å². The van der Waals surface area contributed by atoms with Crippen LogP contribution in [0.3, 0.4) is 0 Å². The Balaban J connectivity index is 1.66. The molecule has 0 radical (unpaired) electrons.